The largest absolute Gasteiger partial charge is 0.389 e. The number of fused-ring (bicyclic) bond motifs is 2. The molecule has 3 atom stereocenters. The van der Waals surface area contributed by atoms with Crippen LogP contribution in [0.5, 0.6) is 0 Å². The first kappa shape index (κ1) is 10.3. The smallest absolute Gasteiger partial charge is 0.330 e. The molecule has 2 aliphatic rings. The summed E-state index contributed by atoms with van der Waals surface area (Å²) in [6, 6.07) is 0. The zero-order chi connectivity index (χ0) is 10.4. The van der Waals surface area contributed by atoms with E-state index in [1.807, 2.05) is 0 Å². The van der Waals surface area contributed by atoms with E-state index in [1.54, 1.807) is 0 Å². The Balaban J connectivity index is 2.11. The summed E-state index contributed by atoms with van der Waals surface area (Å²) in [5.41, 5.74) is 4.95. The van der Waals surface area contributed by atoms with E-state index in [0.29, 0.717) is 12.3 Å². The molecule has 2 bridgehead atoms. The zero-order valence-electron chi connectivity index (χ0n) is 8.11. The fourth-order valence-electron chi connectivity index (χ4n) is 3.50. The number of rotatable bonds is 2. The first-order chi connectivity index (χ1) is 6.45. The lowest BCUT2D eigenvalue weighted by atomic mass is 9.71. The zero-order valence-corrected chi connectivity index (χ0v) is 8.11. The molecule has 0 spiro atoms. The van der Waals surface area contributed by atoms with Crippen molar-refractivity contribution >= 4 is 0 Å². The minimum Gasteiger partial charge on any atom is -0.330 e. The Morgan fingerprint density at radius 2 is 2.00 bits per heavy atom. The Morgan fingerprint density at radius 1 is 1.29 bits per heavy atom. The van der Waals surface area contributed by atoms with Gasteiger partial charge in [0, 0.05) is 0 Å². The molecular weight excluding hydrogens is 191 g/mol. The van der Waals surface area contributed by atoms with Crippen LogP contribution in [0.3, 0.4) is 0 Å². The quantitative estimate of drug-likeness (QED) is 0.740. The summed E-state index contributed by atoms with van der Waals surface area (Å²) in [6.45, 7) is 0.202. The lowest BCUT2D eigenvalue weighted by Crippen LogP contribution is -2.39. The van der Waals surface area contributed by atoms with E-state index < -0.39 is 18.0 Å². The van der Waals surface area contributed by atoms with Crippen LogP contribution in [-0.2, 0) is 0 Å². The SMILES string of the molecule is NCC1(CC(F)(F)F)CC2CCC1C2. The third kappa shape index (κ3) is 1.64. The van der Waals surface area contributed by atoms with Crippen LogP contribution in [0, 0.1) is 17.3 Å². The van der Waals surface area contributed by atoms with Crippen LogP contribution in [-0.4, -0.2) is 12.7 Å². The van der Waals surface area contributed by atoms with Crippen molar-refractivity contribution in [3.63, 3.8) is 0 Å². The highest BCUT2D eigenvalue weighted by Gasteiger charge is 2.54. The van der Waals surface area contributed by atoms with E-state index in [9.17, 15) is 13.2 Å². The Morgan fingerprint density at radius 3 is 2.36 bits per heavy atom. The summed E-state index contributed by atoms with van der Waals surface area (Å²) in [7, 11) is 0. The molecule has 0 radical (unpaired) electrons. The third-order valence-corrected chi connectivity index (χ3v) is 4.06. The normalized spacial score (nSPS) is 42.0. The molecule has 1 nitrogen and oxygen atoms in total. The fourth-order valence-corrected chi connectivity index (χ4v) is 3.50. The molecule has 2 aliphatic carbocycles. The van der Waals surface area contributed by atoms with Crippen LogP contribution in [0.4, 0.5) is 13.2 Å². The molecule has 0 heterocycles. The van der Waals surface area contributed by atoms with Gasteiger partial charge in [-0.25, -0.2) is 0 Å². The molecule has 0 aromatic carbocycles. The summed E-state index contributed by atoms with van der Waals surface area (Å²) < 4.78 is 37.2. The van der Waals surface area contributed by atoms with Gasteiger partial charge in [0.2, 0.25) is 0 Å². The average Bonchev–Trinajstić information content (AvgIpc) is 2.60. The maximum atomic E-state index is 12.4. The van der Waals surface area contributed by atoms with Crippen molar-refractivity contribution in [1.82, 2.24) is 0 Å². The van der Waals surface area contributed by atoms with Gasteiger partial charge < -0.3 is 5.73 Å². The second-order valence-electron chi connectivity index (χ2n) is 4.94. The molecule has 82 valence electrons. The maximum Gasteiger partial charge on any atom is 0.389 e. The van der Waals surface area contributed by atoms with Gasteiger partial charge in [-0.1, -0.05) is 6.42 Å². The minimum atomic E-state index is -4.05. The molecule has 2 rings (SSSR count). The molecule has 0 aliphatic heterocycles. The van der Waals surface area contributed by atoms with Gasteiger partial charge in [0.25, 0.3) is 0 Å². The van der Waals surface area contributed by atoms with Gasteiger partial charge in [-0.3, -0.25) is 0 Å². The van der Waals surface area contributed by atoms with E-state index in [1.165, 1.54) is 0 Å². The summed E-state index contributed by atoms with van der Waals surface area (Å²) in [4.78, 5) is 0. The van der Waals surface area contributed by atoms with Crippen molar-refractivity contribution < 1.29 is 13.2 Å². The topological polar surface area (TPSA) is 26.0 Å². The van der Waals surface area contributed by atoms with Gasteiger partial charge in [0.1, 0.15) is 0 Å². The second kappa shape index (κ2) is 3.12. The van der Waals surface area contributed by atoms with Crippen molar-refractivity contribution in [2.24, 2.45) is 23.0 Å². The molecule has 0 aromatic rings. The van der Waals surface area contributed by atoms with Gasteiger partial charge in [-0.2, -0.15) is 13.2 Å². The van der Waals surface area contributed by atoms with E-state index >= 15 is 0 Å². The number of nitrogens with two attached hydrogens (primary N) is 1. The number of halogens is 3. The summed E-state index contributed by atoms with van der Waals surface area (Å²) >= 11 is 0. The predicted molar refractivity (Wildman–Crippen MR) is 47.6 cm³/mol. The molecule has 0 amide bonds. The van der Waals surface area contributed by atoms with Gasteiger partial charge in [-0.05, 0) is 43.1 Å². The summed E-state index contributed by atoms with van der Waals surface area (Å²) in [5, 5.41) is 0. The van der Waals surface area contributed by atoms with Crippen LogP contribution < -0.4 is 5.73 Å². The summed E-state index contributed by atoms with van der Waals surface area (Å²) in [5.74, 6) is 0.755. The van der Waals surface area contributed by atoms with E-state index in [4.69, 9.17) is 5.73 Å². The van der Waals surface area contributed by atoms with E-state index in [-0.39, 0.29) is 12.5 Å². The first-order valence-corrected chi connectivity index (χ1v) is 5.22. The fraction of sp³-hybridized carbons (Fsp3) is 1.00. The second-order valence-corrected chi connectivity index (χ2v) is 4.94. The minimum absolute atomic E-state index is 0.202. The van der Waals surface area contributed by atoms with Gasteiger partial charge in [0.15, 0.2) is 0 Å². The molecule has 14 heavy (non-hydrogen) atoms. The Kier molecular flexibility index (Phi) is 2.29. The van der Waals surface area contributed by atoms with Crippen LogP contribution in [0.2, 0.25) is 0 Å². The Bertz CT molecular complexity index is 226. The van der Waals surface area contributed by atoms with Crippen molar-refractivity contribution in [2.45, 2.75) is 38.3 Å². The highest BCUT2D eigenvalue weighted by molar-refractivity contribution is 5.01. The molecule has 2 saturated carbocycles. The van der Waals surface area contributed by atoms with Gasteiger partial charge in [-0.15, -0.1) is 0 Å². The van der Waals surface area contributed by atoms with Crippen LogP contribution in [0.15, 0.2) is 0 Å². The lowest BCUT2D eigenvalue weighted by Gasteiger charge is -2.37. The molecule has 0 saturated heterocycles. The number of hydrogen-bond donors (Lipinski definition) is 1. The molecular formula is C10H16F3N. The lowest BCUT2D eigenvalue weighted by molar-refractivity contribution is -0.164. The van der Waals surface area contributed by atoms with E-state index in [2.05, 4.69) is 0 Å². The van der Waals surface area contributed by atoms with Gasteiger partial charge >= 0.3 is 6.18 Å². The van der Waals surface area contributed by atoms with Crippen molar-refractivity contribution in [2.75, 3.05) is 6.54 Å². The third-order valence-electron chi connectivity index (χ3n) is 4.06. The highest BCUT2D eigenvalue weighted by atomic mass is 19.4. The maximum absolute atomic E-state index is 12.4. The van der Waals surface area contributed by atoms with Gasteiger partial charge in [0.05, 0.1) is 6.42 Å². The molecule has 3 unspecified atom stereocenters. The molecule has 2 N–H and O–H groups in total. The predicted octanol–water partition coefficient (Wildman–Crippen LogP) is 2.70. The van der Waals surface area contributed by atoms with Crippen molar-refractivity contribution in [1.29, 1.82) is 0 Å². The average molecular weight is 207 g/mol. The van der Waals surface area contributed by atoms with Crippen LogP contribution >= 0.6 is 0 Å². The Labute approximate surface area is 81.8 Å². The summed E-state index contributed by atoms with van der Waals surface area (Å²) in [6.07, 6.45) is -0.968. The van der Waals surface area contributed by atoms with Crippen molar-refractivity contribution in [3.8, 4) is 0 Å². The monoisotopic (exact) mass is 207 g/mol. The highest BCUT2D eigenvalue weighted by Crippen LogP contribution is 2.58. The van der Waals surface area contributed by atoms with Crippen LogP contribution in [0.25, 0.3) is 0 Å². The van der Waals surface area contributed by atoms with Crippen LogP contribution in [0.1, 0.15) is 32.1 Å². The standard InChI is InChI=1S/C10H16F3N/c11-10(12,13)5-9(6-14)4-7-1-2-8(9)3-7/h7-8H,1-6,14H2. The number of alkyl halides is 3. The number of hydrogen-bond acceptors (Lipinski definition) is 1. The van der Waals surface area contributed by atoms with Crippen molar-refractivity contribution in [3.05, 3.63) is 0 Å². The molecule has 2 fully saturated rings. The molecule has 0 aromatic heterocycles. The first-order valence-electron chi connectivity index (χ1n) is 5.22. The van der Waals surface area contributed by atoms with E-state index in [0.717, 1.165) is 19.3 Å². The molecule has 4 heteroatoms. The Hall–Kier alpha value is -0.250.